The van der Waals surface area contributed by atoms with Gasteiger partial charge in [0, 0.05) is 5.56 Å². The second kappa shape index (κ2) is 2.98. The molecular formula is C12H12O2. The van der Waals surface area contributed by atoms with E-state index in [9.17, 15) is 4.79 Å². The first-order chi connectivity index (χ1) is 6.59. The van der Waals surface area contributed by atoms with E-state index in [-0.39, 0.29) is 5.97 Å². The molecular weight excluding hydrogens is 176 g/mol. The van der Waals surface area contributed by atoms with Gasteiger partial charge in [0.1, 0.15) is 5.76 Å². The number of ether oxygens (including phenoxy) is 1. The molecule has 2 nitrogen and oxygen atoms in total. The number of hydrogen-bond acceptors (Lipinski definition) is 2. The third-order valence-corrected chi connectivity index (χ3v) is 2.45. The van der Waals surface area contributed by atoms with E-state index in [1.54, 1.807) is 0 Å². The Morgan fingerprint density at radius 2 is 2.00 bits per heavy atom. The van der Waals surface area contributed by atoms with Crippen molar-refractivity contribution in [2.24, 2.45) is 0 Å². The summed E-state index contributed by atoms with van der Waals surface area (Å²) in [5.41, 5.74) is 2.66. The van der Waals surface area contributed by atoms with E-state index in [1.165, 1.54) is 5.56 Å². The molecule has 0 atom stereocenters. The molecule has 0 unspecified atom stereocenters. The Hall–Kier alpha value is -1.57. The van der Waals surface area contributed by atoms with Crippen LogP contribution in [0.5, 0.6) is 0 Å². The average molecular weight is 188 g/mol. The summed E-state index contributed by atoms with van der Waals surface area (Å²) >= 11 is 0. The molecule has 1 aliphatic rings. The van der Waals surface area contributed by atoms with Gasteiger partial charge in [-0.3, -0.25) is 0 Å². The molecule has 1 heterocycles. The predicted octanol–water partition coefficient (Wildman–Crippen LogP) is 2.95. The Morgan fingerprint density at radius 1 is 1.29 bits per heavy atom. The third kappa shape index (κ3) is 1.23. The van der Waals surface area contributed by atoms with Crippen LogP contribution in [-0.2, 0) is 4.74 Å². The van der Waals surface area contributed by atoms with Crippen molar-refractivity contribution in [1.82, 2.24) is 0 Å². The highest BCUT2D eigenvalue weighted by atomic mass is 16.5. The van der Waals surface area contributed by atoms with Crippen molar-refractivity contribution in [1.29, 1.82) is 0 Å². The first kappa shape index (κ1) is 9.00. The standard InChI is InChI=1S/C12H12O2/c1-7(2)9-4-5-10-11(6-9)8(3)14-12(10)13/h4-7H,3H2,1-2H3. The van der Waals surface area contributed by atoms with Crippen LogP contribution < -0.4 is 0 Å². The van der Waals surface area contributed by atoms with Gasteiger partial charge in [0.05, 0.1) is 5.56 Å². The predicted molar refractivity (Wildman–Crippen MR) is 55.0 cm³/mol. The van der Waals surface area contributed by atoms with Gasteiger partial charge in [-0.2, -0.15) is 0 Å². The Kier molecular flexibility index (Phi) is 1.92. The maximum atomic E-state index is 11.3. The molecule has 2 heteroatoms. The molecule has 0 radical (unpaired) electrons. The van der Waals surface area contributed by atoms with Crippen molar-refractivity contribution in [3.63, 3.8) is 0 Å². The number of carbonyl (C=O) groups is 1. The zero-order valence-electron chi connectivity index (χ0n) is 8.33. The molecule has 0 N–H and O–H groups in total. The monoisotopic (exact) mass is 188 g/mol. The zero-order chi connectivity index (χ0) is 10.3. The SMILES string of the molecule is C=C1OC(=O)c2ccc(C(C)C)cc21. The lowest BCUT2D eigenvalue weighted by Gasteiger charge is -2.05. The number of cyclic esters (lactones) is 1. The largest absolute Gasteiger partial charge is 0.423 e. The lowest BCUT2D eigenvalue weighted by Crippen LogP contribution is -1.94. The summed E-state index contributed by atoms with van der Waals surface area (Å²) in [5, 5.41) is 0. The van der Waals surface area contributed by atoms with Gasteiger partial charge in [0.15, 0.2) is 0 Å². The minimum Gasteiger partial charge on any atom is -0.423 e. The van der Waals surface area contributed by atoms with E-state index in [0.29, 0.717) is 17.2 Å². The topological polar surface area (TPSA) is 26.3 Å². The van der Waals surface area contributed by atoms with Crippen molar-refractivity contribution in [3.8, 4) is 0 Å². The van der Waals surface area contributed by atoms with Crippen LogP contribution in [0.2, 0.25) is 0 Å². The van der Waals surface area contributed by atoms with Gasteiger partial charge in [-0.15, -0.1) is 0 Å². The summed E-state index contributed by atoms with van der Waals surface area (Å²) in [5.74, 6) is 0.622. The van der Waals surface area contributed by atoms with Gasteiger partial charge < -0.3 is 4.74 Å². The van der Waals surface area contributed by atoms with Gasteiger partial charge in [-0.25, -0.2) is 4.79 Å². The fourth-order valence-corrected chi connectivity index (χ4v) is 1.55. The summed E-state index contributed by atoms with van der Waals surface area (Å²) in [6.45, 7) is 7.93. The second-order valence-electron chi connectivity index (χ2n) is 3.77. The van der Waals surface area contributed by atoms with Crippen LogP contribution in [-0.4, -0.2) is 5.97 Å². The Labute approximate surface area is 83.2 Å². The van der Waals surface area contributed by atoms with E-state index in [0.717, 1.165) is 5.56 Å². The van der Waals surface area contributed by atoms with E-state index < -0.39 is 0 Å². The van der Waals surface area contributed by atoms with Crippen LogP contribution in [0.1, 0.15) is 41.3 Å². The van der Waals surface area contributed by atoms with E-state index in [1.807, 2.05) is 18.2 Å². The van der Waals surface area contributed by atoms with Crippen LogP contribution >= 0.6 is 0 Å². The molecule has 0 bridgehead atoms. The molecule has 72 valence electrons. The Morgan fingerprint density at radius 3 is 2.64 bits per heavy atom. The number of hydrogen-bond donors (Lipinski definition) is 0. The third-order valence-electron chi connectivity index (χ3n) is 2.45. The van der Waals surface area contributed by atoms with Gasteiger partial charge in [0.25, 0.3) is 0 Å². The minimum absolute atomic E-state index is 0.291. The molecule has 0 aromatic heterocycles. The van der Waals surface area contributed by atoms with Crippen LogP contribution in [0.3, 0.4) is 0 Å². The summed E-state index contributed by atoms with van der Waals surface area (Å²) < 4.78 is 4.93. The van der Waals surface area contributed by atoms with Crippen molar-refractivity contribution in [2.45, 2.75) is 19.8 Å². The van der Waals surface area contributed by atoms with E-state index in [4.69, 9.17) is 4.74 Å². The molecule has 0 aliphatic carbocycles. The molecule has 14 heavy (non-hydrogen) atoms. The quantitative estimate of drug-likeness (QED) is 0.633. The van der Waals surface area contributed by atoms with Crippen molar-refractivity contribution >= 4 is 11.7 Å². The summed E-state index contributed by atoms with van der Waals surface area (Å²) in [4.78, 5) is 11.3. The van der Waals surface area contributed by atoms with Gasteiger partial charge in [-0.05, 0) is 23.6 Å². The maximum Gasteiger partial charge on any atom is 0.344 e. The van der Waals surface area contributed by atoms with Gasteiger partial charge >= 0.3 is 5.97 Å². The highest BCUT2D eigenvalue weighted by Crippen LogP contribution is 2.30. The normalized spacial score (nSPS) is 14.5. The lowest BCUT2D eigenvalue weighted by atomic mass is 9.98. The molecule has 1 aliphatic heterocycles. The summed E-state index contributed by atoms with van der Waals surface area (Å²) in [6.07, 6.45) is 0. The zero-order valence-corrected chi connectivity index (χ0v) is 8.33. The first-order valence-electron chi connectivity index (χ1n) is 4.65. The fraction of sp³-hybridized carbons (Fsp3) is 0.250. The van der Waals surface area contributed by atoms with Crippen LogP contribution in [0.25, 0.3) is 5.76 Å². The van der Waals surface area contributed by atoms with Crippen LogP contribution in [0.4, 0.5) is 0 Å². The molecule has 1 aromatic carbocycles. The molecule has 0 amide bonds. The first-order valence-corrected chi connectivity index (χ1v) is 4.65. The second-order valence-corrected chi connectivity index (χ2v) is 3.77. The number of carbonyl (C=O) groups excluding carboxylic acids is 1. The number of fused-ring (bicyclic) bond motifs is 1. The highest BCUT2D eigenvalue weighted by Gasteiger charge is 2.25. The molecule has 0 saturated carbocycles. The molecule has 1 aromatic rings. The van der Waals surface area contributed by atoms with Crippen molar-refractivity contribution in [3.05, 3.63) is 41.5 Å². The maximum absolute atomic E-state index is 11.3. The molecule has 2 rings (SSSR count). The number of benzene rings is 1. The molecule has 0 fully saturated rings. The molecule has 0 spiro atoms. The van der Waals surface area contributed by atoms with Crippen molar-refractivity contribution in [2.75, 3.05) is 0 Å². The van der Waals surface area contributed by atoms with Crippen LogP contribution in [0.15, 0.2) is 24.8 Å². The lowest BCUT2D eigenvalue weighted by molar-refractivity contribution is 0.0716. The van der Waals surface area contributed by atoms with Crippen molar-refractivity contribution < 1.29 is 9.53 Å². The summed E-state index contributed by atoms with van der Waals surface area (Å²) in [7, 11) is 0. The van der Waals surface area contributed by atoms with Gasteiger partial charge in [0.2, 0.25) is 0 Å². The molecule has 0 saturated heterocycles. The smallest absolute Gasteiger partial charge is 0.344 e. The Balaban J connectivity index is 2.55. The minimum atomic E-state index is -0.291. The number of esters is 1. The van der Waals surface area contributed by atoms with E-state index in [2.05, 4.69) is 20.4 Å². The average Bonchev–Trinajstić information content (AvgIpc) is 2.42. The Bertz CT molecular complexity index is 416. The van der Waals surface area contributed by atoms with Gasteiger partial charge in [-0.1, -0.05) is 26.5 Å². The fourth-order valence-electron chi connectivity index (χ4n) is 1.55. The highest BCUT2D eigenvalue weighted by molar-refractivity contribution is 6.02. The van der Waals surface area contributed by atoms with E-state index >= 15 is 0 Å². The number of rotatable bonds is 1. The van der Waals surface area contributed by atoms with Crippen LogP contribution in [0, 0.1) is 0 Å². The summed E-state index contributed by atoms with van der Waals surface area (Å²) in [6, 6.07) is 5.75.